The Morgan fingerprint density at radius 2 is 1.94 bits per heavy atom. The smallest absolute Gasteiger partial charge is 0.317 e. The van der Waals surface area contributed by atoms with Crippen LogP contribution in [0.15, 0.2) is 0 Å². The van der Waals surface area contributed by atoms with E-state index in [0.717, 1.165) is 6.54 Å². The molecule has 2 aliphatic rings. The van der Waals surface area contributed by atoms with E-state index in [1.54, 1.807) is 4.90 Å². The lowest BCUT2D eigenvalue weighted by molar-refractivity contribution is -0.146. The summed E-state index contributed by atoms with van der Waals surface area (Å²) in [4.78, 5) is 24.0. The minimum absolute atomic E-state index is 0.106. The van der Waals surface area contributed by atoms with Crippen LogP contribution in [0.5, 0.6) is 0 Å². The minimum atomic E-state index is -0.806. The number of carboxylic acid groups (broad SMARTS) is 1. The zero-order valence-corrected chi connectivity index (χ0v) is 10.9. The van der Waals surface area contributed by atoms with Crippen molar-refractivity contribution in [2.24, 2.45) is 17.8 Å². The molecule has 0 spiro atoms. The highest BCUT2D eigenvalue weighted by molar-refractivity contribution is 5.79. The van der Waals surface area contributed by atoms with Crippen molar-refractivity contribution in [1.29, 1.82) is 0 Å². The van der Waals surface area contributed by atoms with E-state index in [4.69, 9.17) is 5.11 Å². The summed E-state index contributed by atoms with van der Waals surface area (Å²) in [6.45, 7) is 3.68. The van der Waals surface area contributed by atoms with E-state index in [-0.39, 0.29) is 11.9 Å². The maximum Gasteiger partial charge on any atom is 0.317 e. The van der Waals surface area contributed by atoms with E-state index < -0.39 is 5.97 Å². The third-order valence-corrected chi connectivity index (χ3v) is 4.32. The number of urea groups is 1. The molecular weight excluding hydrogens is 232 g/mol. The SMILES string of the molecule is CC1CCCCC1CNC(=O)N1CC(C(=O)O)C1. The largest absolute Gasteiger partial charge is 0.481 e. The summed E-state index contributed by atoms with van der Waals surface area (Å²) in [7, 11) is 0. The van der Waals surface area contributed by atoms with Crippen LogP contribution >= 0.6 is 0 Å². The molecule has 2 rings (SSSR count). The summed E-state index contributed by atoms with van der Waals surface area (Å²) in [5.41, 5.74) is 0. The fraction of sp³-hybridized carbons (Fsp3) is 0.846. The molecule has 18 heavy (non-hydrogen) atoms. The second kappa shape index (κ2) is 5.59. The summed E-state index contributed by atoms with van der Waals surface area (Å²) in [5.74, 6) is 0.0887. The average Bonchev–Trinajstić information content (AvgIpc) is 2.25. The molecule has 1 aliphatic carbocycles. The van der Waals surface area contributed by atoms with Crippen LogP contribution in [0, 0.1) is 17.8 Å². The van der Waals surface area contributed by atoms with E-state index in [1.807, 2.05) is 0 Å². The van der Waals surface area contributed by atoms with Gasteiger partial charge in [-0.3, -0.25) is 4.79 Å². The first-order valence-corrected chi connectivity index (χ1v) is 6.83. The van der Waals surface area contributed by atoms with Crippen molar-refractivity contribution in [3.63, 3.8) is 0 Å². The fourth-order valence-corrected chi connectivity index (χ4v) is 2.83. The van der Waals surface area contributed by atoms with Crippen LogP contribution in [0.25, 0.3) is 0 Å². The number of hydrogen-bond acceptors (Lipinski definition) is 2. The van der Waals surface area contributed by atoms with Gasteiger partial charge in [-0.15, -0.1) is 0 Å². The molecule has 1 aliphatic heterocycles. The van der Waals surface area contributed by atoms with Gasteiger partial charge in [0.2, 0.25) is 0 Å². The van der Waals surface area contributed by atoms with Crippen molar-refractivity contribution in [2.45, 2.75) is 32.6 Å². The number of rotatable bonds is 3. The number of aliphatic carboxylic acids is 1. The summed E-state index contributed by atoms with van der Waals surface area (Å²) in [6.07, 6.45) is 5.01. The molecule has 2 unspecified atom stereocenters. The predicted molar refractivity (Wildman–Crippen MR) is 67.2 cm³/mol. The molecule has 1 saturated carbocycles. The van der Waals surface area contributed by atoms with E-state index in [0.29, 0.717) is 24.9 Å². The fourth-order valence-electron chi connectivity index (χ4n) is 2.83. The van der Waals surface area contributed by atoms with Crippen molar-refractivity contribution in [3.8, 4) is 0 Å². The molecule has 0 aromatic heterocycles. The lowest BCUT2D eigenvalue weighted by atomic mass is 9.80. The van der Waals surface area contributed by atoms with Crippen LogP contribution in [-0.2, 0) is 4.79 Å². The quantitative estimate of drug-likeness (QED) is 0.802. The highest BCUT2D eigenvalue weighted by atomic mass is 16.4. The van der Waals surface area contributed by atoms with Gasteiger partial charge < -0.3 is 15.3 Å². The molecule has 5 heteroatoms. The molecule has 2 N–H and O–H groups in total. The van der Waals surface area contributed by atoms with E-state index >= 15 is 0 Å². The number of carbonyl (C=O) groups excluding carboxylic acids is 1. The summed E-state index contributed by atoms with van der Waals surface area (Å²) in [5, 5.41) is 11.7. The minimum Gasteiger partial charge on any atom is -0.481 e. The number of hydrogen-bond donors (Lipinski definition) is 2. The average molecular weight is 254 g/mol. The lowest BCUT2D eigenvalue weighted by Crippen LogP contribution is -2.56. The Morgan fingerprint density at radius 3 is 2.56 bits per heavy atom. The van der Waals surface area contributed by atoms with Crippen LogP contribution in [0.1, 0.15) is 32.6 Å². The molecule has 1 saturated heterocycles. The summed E-state index contributed by atoms with van der Waals surface area (Å²) >= 11 is 0. The van der Waals surface area contributed by atoms with Gasteiger partial charge in [0, 0.05) is 19.6 Å². The van der Waals surface area contributed by atoms with Gasteiger partial charge in [0.05, 0.1) is 5.92 Å². The normalized spacial score (nSPS) is 28.6. The number of likely N-dealkylation sites (tertiary alicyclic amines) is 1. The Balaban J connectivity index is 1.68. The van der Waals surface area contributed by atoms with Gasteiger partial charge in [-0.25, -0.2) is 4.79 Å². The van der Waals surface area contributed by atoms with Gasteiger partial charge in [0.1, 0.15) is 0 Å². The lowest BCUT2D eigenvalue weighted by Gasteiger charge is -2.37. The molecular formula is C13H22N2O3. The Labute approximate surface area is 108 Å². The van der Waals surface area contributed by atoms with Gasteiger partial charge >= 0.3 is 12.0 Å². The second-order valence-electron chi connectivity index (χ2n) is 5.65. The van der Waals surface area contributed by atoms with E-state index in [2.05, 4.69) is 12.2 Å². The topological polar surface area (TPSA) is 69.6 Å². The molecule has 2 atom stereocenters. The van der Waals surface area contributed by atoms with Crippen molar-refractivity contribution in [1.82, 2.24) is 10.2 Å². The van der Waals surface area contributed by atoms with Crippen LogP contribution in [0.4, 0.5) is 4.79 Å². The third-order valence-electron chi connectivity index (χ3n) is 4.32. The zero-order valence-electron chi connectivity index (χ0n) is 10.9. The predicted octanol–water partition coefficient (Wildman–Crippen LogP) is 1.54. The Bertz CT molecular complexity index is 326. The molecule has 1 heterocycles. The number of nitrogens with zero attached hydrogens (tertiary/aromatic N) is 1. The molecule has 2 amide bonds. The molecule has 5 nitrogen and oxygen atoms in total. The van der Waals surface area contributed by atoms with E-state index in [9.17, 15) is 9.59 Å². The third kappa shape index (κ3) is 2.94. The summed E-state index contributed by atoms with van der Waals surface area (Å²) < 4.78 is 0. The van der Waals surface area contributed by atoms with Gasteiger partial charge in [-0.1, -0.05) is 26.2 Å². The van der Waals surface area contributed by atoms with Crippen LogP contribution in [-0.4, -0.2) is 41.6 Å². The zero-order chi connectivity index (χ0) is 13.1. The van der Waals surface area contributed by atoms with Crippen LogP contribution in [0.3, 0.4) is 0 Å². The number of carbonyl (C=O) groups is 2. The van der Waals surface area contributed by atoms with Crippen LogP contribution in [0.2, 0.25) is 0 Å². The molecule has 0 aromatic rings. The summed E-state index contributed by atoms with van der Waals surface area (Å²) in [6, 6.07) is -0.106. The van der Waals surface area contributed by atoms with Gasteiger partial charge in [0.15, 0.2) is 0 Å². The van der Waals surface area contributed by atoms with Crippen molar-refractivity contribution in [2.75, 3.05) is 19.6 Å². The Hall–Kier alpha value is -1.26. The molecule has 102 valence electrons. The number of nitrogens with one attached hydrogen (secondary N) is 1. The highest BCUT2D eigenvalue weighted by Gasteiger charge is 2.35. The molecule has 0 radical (unpaired) electrons. The Morgan fingerprint density at radius 1 is 1.28 bits per heavy atom. The number of amides is 2. The molecule has 2 fully saturated rings. The first-order chi connectivity index (χ1) is 8.58. The van der Waals surface area contributed by atoms with Gasteiger partial charge in [-0.05, 0) is 18.3 Å². The second-order valence-corrected chi connectivity index (χ2v) is 5.65. The van der Waals surface area contributed by atoms with Gasteiger partial charge in [0.25, 0.3) is 0 Å². The van der Waals surface area contributed by atoms with Crippen molar-refractivity contribution in [3.05, 3.63) is 0 Å². The Kier molecular flexibility index (Phi) is 4.09. The van der Waals surface area contributed by atoms with Crippen molar-refractivity contribution >= 4 is 12.0 Å². The maximum atomic E-state index is 11.8. The van der Waals surface area contributed by atoms with Gasteiger partial charge in [-0.2, -0.15) is 0 Å². The standard InChI is InChI=1S/C13H22N2O3/c1-9-4-2-3-5-10(9)6-14-13(18)15-7-11(8-15)12(16)17/h9-11H,2-8H2,1H3,(H,14,18)(H,16,17). The first kappa shape index (κ1) is 13.2. The monoisotopic (exact) mass is 254 g/mol. The van der Waals surface area contributed by atoms with Crippen LogP contribution < -0.4 is 5.32 Å². The molecule has 0 aromatic carbocycles. The van der Waals surface area contributed by atoms with Crippen molar-refractivity contribution < 1.29 is 14.7 Å². The first-order valence-electron chi connectivity index (χ1n) is 6.83. The number of carboxylic acids is 1. The van der Waals surface area contributed by atoms with E-state index in [1.165, 1.54) is 25.7 Å². The molecule has 0 bridgehead atoms. The maximum absolute atomic E-state index is 11.8. The highest BCUT2D eigenvalue weighted by Crippen LogP contribution is 2.29.